The van der Waals surface area contributed by atoms with Crippen LogP contribution in [0, 0.1) is 11.8 Å². The van der Waals surface area contributed by atoms with Crippen LogP contribution in [-0.4, -0.2) is 68.5 Å². The zero-order chi connectivity index (χ0) is 23.0. The van der Waals surface area contributed by atoms with Crippen LogP contribution in [0.25, 0.3) is 0 Å². The number of phenolic OH excluding ortho intramolecular Hbond substituents is 1. The molecule has 0 bridgehead atoms. The van der Waals surface area contributed by atoms with Crippen LogP contribution >= 0.6 is 0 Å². The number of carbonyl (C=O) groups is 3. The van der Waals surface area contributed by atoms with Gasteiger partial charge >= 0.3 is 0 Å². The number of nitrogens with zero attached hydrogens (tertiary/aromatic N) is 1. The molecule has 10 nitrogen and oxygen atoms in total. The lowest BCUT2D eigenvalue weighted by molar-refractivity contribution is -0.148. The summed E-state index contributed by atoms with van der Waals surface area (Å²) in [4.78, 5) is 39.7. The van der Waals surface area contributed by atoms with Gasteiger partial charge in [-0.2, -0.15) is 0 Å². The third-order valence-corrected chi connectivity index (χ3v) is 6.64. The molecule has 3 aliphatic rings. The lowest BCUT2D eigenvalue weighted by Gasteiger charge is -2.50. The minimum absolute atomic E-state index is 0.0286. The summed E-state index contributed by atoms with van der Waals surface area (Å²) in [7, 11) is 3.15. The first kappa shape index (κ1) is 20.9. The number of aliphatic hydroxyl groups excluding tert-OH is 2. The van der Waals surface area contributed by atoms with Crippen LogP contribution in [0.2, 0.25) is 0 Å². The van der Waals surface area contributed by atoms with Gasteiger partial charge in [-0.15, -0.1) is 0 Å². The number of carbonyl (C=O) groups excluding carboxylic acids is 3. The van der Waals surface area contributed by atoms with Crippen LogP contribution in [-0.2, 0) is 16.0 Å². The van der Waals surface area contributed by atoms with Crippen LogP contribution in [0.4, 0.5) is 5.69 Å². The molecule has 4 rings (SSSR count). The average Bonchev–Trinajstić information content (AvgIpc) is 2.67. The van der Waals surface area contributed by atoms with Crippen molar-refractivity contribution in [1.82, 2.24) is 4.90 Å². The number of primary amides is 1. The van der Waals surface area contributed by atoms with Gasteiger partial charge in [-0.25, -0.2) is 0 Å². The average molecular weight is 429 g/mol. The predicted octanol–water partition coefficient (Wildman–Crippen LogP) is -0.297. The Morgan fingerprint density at radius 3 is 2.42 bits per heavy atom. The second-order valence-corrected chi connectivity index (χ2v) is 8.49. The largest absolute Gasteiger partial charge is 0.510 e. The normalized spacial score (nSPS) is 30.3. The number of anilines is 1. The molecular formula is C21H23N3O7. The molecule has 164 valence electrons. The second kappa shape index (κ2) is 6.56. The van der Waals surface area contributed by atoms with Gasteiger partial charge in [0, 0.05) is 17.2 Å². The topological polar surface area (TPSA) is 187 Å². The van der Waals surface area contributed by atoms with Gasteiger partial charge in [0.05, 0.1) is 11.6 Å². The van der Waals surface area contributed by atoms with Crippen LogP contribution in [0.1, 0.15) is 22.3 Å². The van der Waals surface area contributed by atoms with Gasteiger partial charge in [0.25, 0.3) is 5.91 Å². The van der Waals surface area contributed by atoms with E-state index in [4.69, 9.17) is 11.5 Å². The van der Waals surface area contributed by atoms with Gasteiger partial charge in [0.1, 0.15) is 22.8 Å². The fraction of sp³-hybridized carbons (Fsp3) is 0.381. The Kier molecular flexibility index (Phi) is 4.42. The Bertz CT molecular complexity index is 1120. The van der Waals surface area contributed by atoms with E-state index in [0.717, 1.165) is 0 Å². The summed E-state index contributed by atoms with van der Waals surface area (Å²) < 4.78 is 0. The molecule has 0 saturated carbocycles. The van der Waals surface area contributed by atoms with E-state index in [1.807, 2.05) is 0 Å². The summed E-state index contributed by atoms with van der Waals surface area (Å²) in [5.74, 6) is -6.80. The number of nitrogen functional groups attached to an aromatic ring is 1. The fourth-order valence-corrected chi connectivity index (χ4v) is 5.27. The molecule has 2 unspecified atom stereocenters. The van der Waals surface area contributed by atoms with Crippen LogP contribution in [0.3, 0.4) is 0 Å². The standard InChI is InChI=1S/C21H23N3O7/c1-24(2)15-9-6-7-5-8-10(22)3-4-11(25)13(8)16(26)12(7)18(28)21(9,31)19(29)14(17(15)27)20(23)30/h3-4,7,9,15,25,27-28,31H,5-6,22H2,1-2H3,(H2,23,30)/t7?,9?,15-,21-/m0/s1. The number of aromatic hydroxyl groups is 1. The van der Waals surface area contributed by atoms with Crippen molar-refractivity contribution in [1.29, 1.82) is 0 Å². The smallest absolute Gasteiger partial charge is 0.255 e. The van der Waals surface area contributed by atoms with E-state index in [0.29, 0.717) is 11.3 Å². The highest BCUT2D eigenvalue weighted by molar-refractivity contribution is 6.24. The third-order valence-electron chi connectivity index (χ3n) is 6.64. The molecule has 0 spiro atoms. The van der Waals surface area contributed by atoms with E-state index in [9.17, 15) is 34.8 Å². The van der Waals surface area contributed by atoms with Crippen molar-refractivity contribution in [2.75, 3.05) is 19.8 Å². The highest BCUT2D eigenvalue weighted by Crippen LogP contribution is 2.52. The molecule has 0 heterocycles. The summed E-state index contributed by atoms with van der Waals surface area (Å²) in [6, 6.07) is 1.70. The third kappa shape index (κ3) is 2.55. The number of amides is 1. The summed E-state index contributed by atoms with van der Waals surface area (Å²) in [5.41, 5.74) is 8.22. The Labute approximate surface area is 177 Å². The molecule has 0 radical (unpaired) electrons. The number of ketones is 2. The first-order chi connectivity index (χ1) is 14.4. The maximum atomic E-state index is 13.2. The summed E-state index contributed by atoms with van der Waals surface area (Å²) in [5, 5.41) is 43.4. The van der Waals surface area contributed by atoms with Crippen molar-refractivity contribution in [2.24, 2.45) is 17.6 Å². The van der Waals surface area contributed by atoms with Gasteiger partial charge in [-0.1, -0.05) is 0 Å². The number of hydrogen-bond donors (Lipinski definition) is 6. The number of benzene rings is 1. The fourth-order valence-electron chi connectivity index (χ4n) is 5.27. The molecule has 0 saturated heterocycles. The lowest BCUT2D eigenvalue weighted by atomic mass is 9.58. The quantitative estimate of drug-likeness (QED) is 0.208. The number of likely N-dealkylation sites (N-methyl/N-ethyl adjacent to an activating group) is 1. The van der Waals surface area contributed by atoms with Crippen LogP contribution in [0.5, 0.6) is 5.75 Å². The number of rotatable bonds is 2. The second-order valence-electron chi connectivity index (χ2n) is 8.49. The molecule has 0 aliphatic heterocycles. The number of phenols is 1. The molecule has 0 aromatic heterocycles. The van der Waals surface area contributed by atoms with E-state index in [2.05, 4.69) is 0 Å². The molecule has 3 aliphatic carbocycles. The van der Waals surface area contributed by atoms with Gasteiger partial charge in [0.15, 0.2) is 11.4 Å². The van der Waals surface area contributed by atoms with Crippen LogP contribution in [0.15, 0.2) is 34.8 Å². The minimum atomic E-state index is -2.64. The Balaban J connectivity index is 1.98. The van der Waals surface area contributed by atoms with E-state index in [-0.39, 0.29) is 29.7 Å². The first-order valence-electron chi connectivity index (χ1n) is 9.68. The SMILES string of the molecule is CN(C)[C@@H]1C(O)=C(C(N)=O)C(=O)[C@@]2(O)C(O)=C3C(=O)c4c(O)ccc(N)c4CC3CC12. The Morgan fingerprint density at radius 1 is 1.19 bits per heavy atom. The zero-order valence-electron chi connectivity index (χ0n) is 16.9. The minimum Gasteiger partial charge on any atom is -0.510 e. The molecule has 10 heteroatoms. The molecule has 8 N–H and O–H groups in total. The van der Waals surface area contributed by atoms with E-state index in [1.54, 1.807) is 14.1 Å². The summed E-state index contributed by atoms with van der Waals surface area (Å²) in [6.45, 7) is 0. The van der Waals surface area contributed by atoms with E-state index < -0.39 is 58.0 Å². The van der Waals surface area contributed by atoms with Crippen LogP contribution < -0.4 is 11.5 Å². The molecule has 1 amide bonds. The monoisotopic (exact) mass is 429 g/mol. The Hall–Kier alpha value is -3.37. The predicted molar refractivity (Wildman–Crippen MR) is 108 cm³/mol. The Morgan fingerprint density at radius 2 is 1.84 bits per heavy atom. The van der Waals surface area contributed by atoms with E-state index in [1.165, 1.54) is 17.0 Å². The maximum Gasteiger partial charge on any atom is 0.255 e. The zero-order valence-corrected chi connectivity index (χ0v) is 16.9. The lowest BCUT2D eigenvalue weighted by Crippen LogP contribution is -2.63. The van der Waals surface area contributed by atoms with Gasteiger partial charge in [-0.05, 0) is 50.6 Å². The van der Waals surface area contributed by atoms with Crippen molar-refractivity contribution in [2.45, 2.75) is 24.5 Å². The van der Waals surface area contributed by atoms with Gasteiger partial charge in [-0.3, -0.25) is 19.3 Å². The van der Waals surface area contributed by atoms with Crippen molar-refractivity contribution < 1.29 is 34.8 Å². The van der Waals surface area contributed by atoms with E-state index >= 15 is 0 Å². The van der Waals surface area contributed by atoms with Crippen molar-refractivity contribution in [3.63, 3.8) is 0 Å². The molecule has 31 heavy (non-hydrogen) atoms. The maximum absolute atomic E-state index is 13.2. The van der Waals surface area contributed by atoms with Crippen molar-refractivity contribution >= 4 is 23.2 Å². The number of nitrogens with two attached hydrogens (primary N) is 2. The molecule has 0 fully saturated rings. The molecular weight excluding hydrogens is 406 g/mol. The van der Waals surface area contributed by atoms with Crippen molar-refractivity contribution in [3.8, 4) is 5.75 Å². The number of Topliss-reactive ketones (excluding diaryl/α,β-unsaturated/α-hetero) is 2. The number of fused-ring (bicyclic) bond motifs is 3. The van der Waals surface area contributed by atoms with Gasteiger partial charge in [0.2, 0.25) is 5.78 Å². The number of aliphatic hydroxyl groups is 3. The first-order valence-corrected chi connectivity index (χ1v) is 9.68. The number of hydrogen-bond acceptors (Lipinski definition) is 9. The van der Waals surface area contributed by atoms with Crippen molar-refractivity contribution in [3.05, 3.63) is 45.9 Å². The van der Waals surface area contributed by atoms with Gasteiger partial charge < -0.3 is 31.9 Å². The molecule has 1 aromatic rings. The summed E-state index contributed by atoms with van der Waals surface area (Å²) in [6.07, 6.45) is 0.204. The molecule has 1 aromatic carbocycles. The molecule has 4 atom stereocenters. The highest BCUT2D eigenvalue weighted by atomic mass is 16.3. The summed E-state index contributed by atoms with van der Waals surface area (Å²) >= 11 is 0. The highest BCUT2D eigenvalue weighted by Gasteiger charge is 2.63. The number of allylic oxidation sites excluding steroid dienone is 1.